The molecular weight excluding hydrogens is 218 g/mol. The predicted molar refractivity (Wildman–Crippen MR) is 65.5 cm³/mol. The molecule has 0 aliphatic rings. The van der Waals surface area contributed by atoms with Crippen molar-refractivity contribution in [2.45, 2.75) is 6.92 Å². The second-order valence-electron chi connectivity index (χ2n) is 3.72. The molecule has 1 aromatic heterocycles. The van der Waals surface area contributed by atoms with Gasteiger partial charge in [0.25, 0.3) is 5.69 Å². The summed E-state index contributed by atoms with van der Waals surface area (Å²) >= 11 is 0. The first-order chi connectivity index (χ1) is 8.09. The third kappa shape index (κ3) is 2.08. The quantitative estimate of drug-likeness (QED) is 0.487. The Balaban J connectivity index is 2.64. The smallest absolute Gasteiger partial charge is 0.295 e. The van der Waals surface area contributed by atoms with Crippen molar-refractivity contribution in [3.63, 3.8) is 0 Å². The number of aryl methyl sites for hydroxylation is 1. The summed E-state index contributed by atoms with van der Waals surface area (Å²) in [6.45, 7) is 1.91. The van der Waals surface area contributed by atoms with Gasteiger partial charge in [-0.25, -0.2) is 4.98 Å². The number of nitrogen functional groups attached to an aromatic ring is 1. The van der Waals surface area contributed by atoms with Crippen LogP contribution in [0, 0.1) is 17.0 Å². The number of hydrogen-bond acceptors (Lipinski definition) is 4. The van der Waals surface area contributed by atoms with Crippen LogP contribution in [0.4, 0.5) is 11.4 Å². The molecule has 1 aromatic carbocycles. The van der Waals surface area contributed by atoms with Crippen molar-refractivity contribution in [3.8, 4) is 11.3 Å². The molecule has 2 aromatic rings. The third-order valence-electron chi connectivity index (χ3n) is 2.45. The van der Waals surface area contributed by atoms with Crippen LogP contribution in [-0.4, -0.2) is 9.91 Å². The lowest BCUT2D eigenvalue weighted by molar-refractivity contribution is -0.384. The molecule has 0 aliphatic heterocycles. The zero-order valence-electron chi connectivity index (χ0n) is 9.25. The number of nitrogens with zero attached hydrogens (tertiary/aromatic N) is 2. The molecule has 1 heterocycles. The number of nitro groups is 1. The number of rotatable bonds is 2. The summed E-state index contributed by atoms with van der Waals surface area (Å²) in [5.74, 6) is 0. The molecule has 17 heavy (non-hydrogen) atoms. The van der Waals surface area contributed by atoms with Gasteiger partial charge in [0.05, 0.1) is 4.92 Å². The summed E-state index contributed by atoms with van der Waals surface area (Å²) in [4.78, 5) is 14.5. The van der Waals surface area contributed by atoms with Crippen LogP contribution in [0.5, 0.6) is 0 Å². The minimum absolute atomic E-state index is 0.0388. The number of benzene rings is 1. The Labute approximate surface area is 98.1 Å². The SMILES string of the molecule is Cc1ccc(-c2ncccc2[N+](=O)[O-])c(N)c1. The lowest BCUT2D eigenvalue weighted by atomic mass is 10.1. The fraction of sp³-hybridized carbons (Fsp3) is 0.0833. The van der Waals surface area contributed by atoms with Crippen molar-refractivity contribution >= 4 is 11.4 Å². The van der Waals surface area contributed by atoms with Gasteiger partial charge in [-0.2, -0.15) is 0 Å². The largest absolute Gasteiger partial charge is 0.398 e. The Kier molecular flexibility index (Phi) is 2.74. The number of aromatic nitrogens is 1. The first kappa shape index (κ1) is 11.1. The Hall–Kier alpha value is -2.43. The number of nitrogens with two attached hydrogens (primary N) is 1. The summed E-state index contributed by atoms with van der Waals surface area (Å²) in [6.07, 6.45) is 1.52. The number of hydrogen-bond donors (Lipinski definition) is 1. The van der Waals surface area contributed by atoms with Gasteiger partial charge in [-0.1, -0.05) is 12.1 Å². The molecule has 0 radical (unpaired) electrons. The van der Waals surface area contributed by atoms with E-state index >= 15 is 0 Å². The van der Waals surface area contributed by atoms with Gasteiger partial charge < -0.3 is 5.73 Å². The minimum atomic E-state index is -0.457. The van der Waals surface area contributed by atoms with Crippen molar-refractivity contribution in [2.24, 2.45) is 0 Å². The van der Waals surface area contributed by atoms with Gasteiger partial charge in [0, 0.05) is 23.5 Å². The average Bonchev–Trinajstić information content (AvgIpc) is 2.29. The molecule has 86 valence electrons. The highest BCUT2D eigenvalue weighted by Gasteiger charge is 2.17. The summed E-state index contributed by atoms with van der Waals surface area (Å²) in [6, 6.07) is 8.32. The fourth-order valence-electron chi connectivity index (χ4n) is 1.65. The predicted octanol–water partition coefficient (Wildman–Crippen LogP) is 2.55. The summed E-state index contributed by atoms with van der Waals surface area (Å²) in [5, 5.41) is 10.9. The van der Waals surface area contributed by atoms with Gasteiger partial charge in [-0.15, -0.1) is 0 Å². The molecule has 0 bridgehead atoms. The minimum Gasteiger partial charge on any atom is -0.398 e. The van der Waals surface area contributed by atoms with Crippen LogP contribution in [-0.2, 0) is 0 Å². The topological polar surface area (TPSA) is 82.0 Å². The van der Waals surface area contributed by atoms with E-state index in [2.05, 4.69) is 4.98 Å². The van der Waals surface area contributed by atoms with Crippen LogP contribution in [0.1, 0.15) is 5.56 Å². The second kappa shape index (κ2) is 4.21. The molecule has 2 rings (SSSR count). The van der Waals surface area contributed by atoms with E-state index in [1.165, 1.54) is 18.3 Å². The van der Waals surface area contributed by atoms with Crippen molar-refractivity contribution in [1.29, 1.82) is 0 Å². The van der Waals surface area contributed by atoms with Crippen LogP contribution in [0.2, 0.25) is 0 Å². The lowest BCUT2D eigenvalue weighted by Gasteiger charge is -2.06. The molecule has 0 saturated carbocycles. The monoisotopic (exact) mass is 229 g/mol. The number of pyridine rings is 1. The van der Waals surface area contributed by atoms with Gasteiger partial charge in [0.2, 0.25) is 0 Å². The first-order valence-corrected chi connectivity index (χ1v) is 5.05. The Morgan fingerprint density at radius 2 is 2.12 bits per heavy atom. The van der Waals surface area contributed by atoms with Crippen LogP contribution in [0.25, 0.3) is 11.3 Å². The highest BCUT2D eigenvalue weighted by Crippen LogP contribution is 2.31. The van der Waals surface area contributed by atoms with Crippen molar-refractivity contribution in [3.05, 3.63) is 52.2 Å². The van der Waals surface area contributed by atoms with E-state index in [-0.39, 0.29) is 5.69 Å². The maximum absolute atomic E-state index is 10.9. The third-order valence-corrected chi connectivity index (χ3v) is 2.45. The molecular formula is C12H11N3O2. The normalized spacial score (nSPS) is 10.2. The van der Waals surface area contributed by atoms with Gasteiger partial charge in [0.15, 0.2) is 0 Å². The van der Waals surface area contributed by atoms with Crippen molar-refractivity contribution in [1.82, 2.24) is 4.98 Å². The summed E-state index contributed by atoms with van der Waals surface area (Å²) in [5.41, 5.74) is 8.20. The van der Waals surface area contributed by atoms with Crippen molar-refractivity contribution in [2.75, 3.05) is 5.73 Å². The molecule has 0 atom stereocenters. The molecule has 0 spiro atoms. The van der Waals surface area contributed by atoms with E-state index < -0.39 is 4.92 Å². The molecule has 0 fully saturated rings. The maximum Gasteiger partial charge on any atom is 0.295 e. The van der Waals surface area contributed by atoms with E-state index in [9.17, 15) is 10.1 Å². The standard InChI is InChI=1S/C12H11N3O2/c1-8-4-5-9(10(13)7-8)12-11(15(16)17)3-2-6-14-12/h2-7H,13H2,1H3. The first-order valence-electron chi connectivity index (χ1n) is 5.05. The molecule has 5 heteroatoms. The zero-order chi connectivity index (χ0) is 12.4. The summed E-state index contributed by atoms with van der Waals surface area (Å²) in [7, 11) is 0. The molecule has 0 amide bonds. The zero-order valence-corrected chi connectivity index (χ0v) is 9.25. The van der Waals surface area contributed by atoms with Crippen LogP contribution in [0.3, 0.4) is 0 Å². The van der Waals surface area contributed by atoms with E-state index in [1.807, 2.05) is 13.0 Å². The van der Waals surface area contributed by atoms with E-state index in [1.54, 1.807) is 12.1 Å². The molecule has 0 aliphatic carbocycles. The second-order valence-corrected chi connectivity index (χ2v) is 3.72. The molecule has 5 nitrogen and oxygen atoms in total. The van der Waals surface area contributed by atoms with Gasteiger partial charge in [0.1, 0.15) is 5.69 Å². The fourth-order valence-corrected chi connectivity index (χ4v) is 1.65. The lowest BCUT2D eigenvalue weighted by Crippen LogP contribution is -1.97. The average molecular weight is 229 g/mol. The van der Waals surface area contributed by atoms with Crippen molar-refractivity contribution < 1.29 is 4.92 Å². The Bertz CT molecular complexity index is 582. The maximum atomic E-state index is 10.9. The van der Waals surface area contributed by atoms with Crippen LogP contribution >= 0.6 is 0 Å². The Morgan fingerprint density at radius 1 is 1.35 bits per heavy atom. The molecule has 2 N–H and O–H groups in total. The molecule has 0 saturated heterocycles. The van der Waals surface area contributed by atoms with Crippen LogP contribution in [0.15, 0.2) is 36.5 Å². The molecule has 0 unspecified atom stereocenters. The Morgan fingerprint density at radius 3 is 2.76 bits per heavy atom. The highest BCUT2D eigenvalue weighted by molar-refractivity contribution is 5.79. The van der Waals surface area contributed by atoms with Crippen LogP contribution < -0.4 is 5.73 Å². The van der Waals surface area contributed by atoms with E-state index in [0.717, 1.165) is 5.56 Å². The summed E-state index contributed by atoms with van der Waals surface area (Å²) < 4.78 is 0. The van der Waals surface area contributed by atoms with Gasteiger partial charge >= 0.3 is 0 Å². The van der Waals surface area contributed by atoms with E-state index in [4.69, 9.17) is 5.73 Å². The van der Waals surface area contributed by atoms with Gasteiger partial charge in [-0.05, 0) is 24.6 Å². The van der Waals surface area contributed by atoms with Gasteiger partial charge in [-0.3, -0.25) is 10.1 Å². The van der Waals surface area contributed by atoms with E-state index in [0.29, 0.717) is 16.9 Å². The highest BCUT2D eigenvalue weighted by atomic mass is 16.6. The number of anilines is 1.